The fourth-order valence-corrected chi connectivity index (χ4v) is 3.64. The maximum Gasteiger partial charge on any atom is 0.271 e. The Bertz CT molecular complexity index is 871. The number of hydrogen-bond acceptors (Lipinski definition) is 3. The van der Waals surface area contributed by atoms with E-state index in [0.717, 1.165) is 41.9 Å². The van der Waals surface area contributed by atoms with E-state index in [-0.39, 0.29) is 5.91 Å². The normalized spacial score (nSPS) is 15.4. The lowest BCUT2D eigenvalue weighted by Gasteiger charge is -2.26. The van der Waals surface area contributed by atoms with Crippen LogP contribution < -0.4 is 5.32 Å². The number of benzene rings is 1. The van der Waals surface area contributed by atoms with Gasteiger partial charge in [0.05, 0.1) is 11.4 Å². The molecule has 0 aliphatic carbocycles. The highest BCUT2D eigenvalue weighted by Gasteiger charge is 2.16. The van der Waals surface area contributed by atoms with Crippen LogP contribution in [0, 0.1) is 0 Å². The van der Waals surface area contributed by atoms with Crippen LogP contribution in [-0.2, 0) is 7.05 Å². The first kappa shape index (κ1) is 16.8. The van der Waals surface area contributed by atoms with Crippen LogP contribution in [0.1, 0.15) is 29.8 Å². The van der Waals surface area contributed by atoms with Crippen LogP contribution >= 0.6 is 0 Å². The minimum Gasteiger partial charge on any atom is -0.353 e. The number of para-hydroxylation sites is 1. The molecule has 0 saturated carbocycles. The number of carbonyl (C=O) groups excluding carboxylic acids is 1. The van der Waals surface area contributed by atoms with Gasteiger partial charge in [-0.25, -0.2) is 0 Å². The van der Waals surface area contributed by atoms with E-state index in [0.29, 0.717) is 12.2 Å². The Balaban J connectivity index is 1.42. The molecule has 1 aliphatic rings. The lowest BCUT2D eigenvalue weighted by Crippen LogP contribution is -2.37. The van der Waals surface area contributed by atoms with Gasteiger partial charge in [0.2, 0.25) is 0 Å². The summed E-state index contributed by atoms with van der Waals surface area (Å²) in [6, 6.07) is 12.1. The number of rotatable bonds is 5. The first-order chi connectivity index (χ1) is 12.7. The number of amides is 1. The minimum absolute atomic E-state index is 0.111. The predicted molar refractivity (Wildman–Crippen MR) is 103 cm³/mol. The molecule has 0 bridgehead atoms. The van der Waals surface area contributed by atoms with E-state index in [9.17, 15) is 4.79 Å². The molecule has 136 valence electrons. The summed E-state index contributed by atoms with van der Waals surface area (Å²) < 4.78 is 1.75. The number of aromatic amines is 1. The zero-order valence-corrected chi connectivity index (χ0v) is 15.2. The standard InChI is InChI=1S/C20H25N5O/c1-24-19(17-13-15-7-3-4-8-16(15)22-17)14-18(23-24)20(26)21-9-12-25-10-5-2-6-11-25/h3-4,7-8,13-14,22H,2,5-6,9-12H2,1H3,(H,21,26). The average molecular weight is 351 g/mol. The lowest BCUT2D eigenvalue weighted by molar-refractivity contribution is 0.0941. The van der Waals surface area contributed by atoms with Crippen molar-refractivity contribution in [3.8, 4) is 11.4 Å². The third kappa shape index (κ3) is 3.51. The van der Waals surface area contributed by atoms with Crippen LogP contribution in [0.2, 0.25) is 0 Å². The summed E-state index contributed by atoms with van der Waals surface area (Å²) in [7, 11) is 1.87. The number of aromatic nitrogens is 3. The van der Waals surface area contributed by atoms with Gasteiger partial charge in [0.1, 0.15) is 0 Å². The van der Waals surface area contributed by atoms with Crippen molar-refractivity contribution in [2.45, 2.75) is 19.3 Å². The lowest BCUT2D eigenvalue weighted by atomic mass is 10.1. The summed E-state index contributed by atoms with van der Waals surface area (Å²) in [5.41, 5.74) is 3.41. The van der Waals surface area contributed by atoms with Crippen molar-refractivity contribution in [3.05, 3.63) is 42.1 Å². The fourth-order valence-electron chi connectivity index (χ4n) is 3.64. The molecule has 1 amide bonds. The summed E-state index contributed by atoms with van der Waals surface area (Å²) in [5, 5.41) is 8.54. The monoisotopic (exact) mass is 351 g/mol. The minimum atomic E-state index is -0.111. The molecule has 4 rings (SSSR count). The molecule has 2 aromatic heterocycles. The van der Waals surface area contributed by atoms with Gasteiger partial charge in [-0.2, -0.15) is 5.10 Å². The Morgan fingerprint density at radius 1 is 1.19 bits per heavy atom. The summed E-state index contributed by atoms with van der Waals surface area (Å²) in [4.78, 5) is 18.2. The number of hydrogen-bond donors (Lipinski definition) is 2. The topological polar surface area (TPSA) is 66.0 Å². The number of likely N-dealkylation sites (tertiary alicyclic amines) is 1. The van der Waals surface area contributed by atoms with Crippen LogP contribution in [0.5, 0.6) is 0 Å². The van der Waals surface area contributed by atoms with Gasteiger partial charge in [0.15, 0.2) is 5.69 Å². The molecular weight excluding hydrogens is 326 g/mol. The van der Waals surface area contributed by atoms with Gasteiger partial charge in [0.25, 0.3) is 5.91 Å². The second kappa shape index (κ2) is 7.33. The molecule has 1 saturated heterocycles. The highest BCUT2D eigenvalue weighted by molar-refractivity contribution is 5.94. The first-order valence-corrected chi connectivity index (χ1v) is 9.33. The molecule has 0 atom stereocenters. The smallest absolute Gasteiger partial charge is 0.271 e. The van der Waals surface area contributed by atoms with E-state index < -0.39 is 0 Å². The van der Waals surface area contributed by atoms with E-state index in [2.05, 4.69) is 32.4 Å². The molecule has 26 heavy (non-hydrogen) atoms. The maximum atomic E-state index is 12.4. The highest BCUT2D eigenvalue weighted by atomic mass is 16.1. The largest absolute Gasteiger partial charge is 0.353 e. The molecule has 6 heteroatoms. The highest BCUT2D eigenvalue weighted by Crippen LogP contribution is 2.24. The molecule has 1 fully saturated rings. The number of nitrogens with zero attached hydrogens (tertiary/aromatic N) is 3. The van der Waals surface area contributed by atoms with Crippen LogP contribution in [-0.4, -0.2) is 51.8 Å². The molecule has 1 aromatic carbocycles. The predicted octanol–water partition coefficient (Wildman–Crippen LogP) is 2.78. The number of piperidine rings is 1. The summed E-state index contributed by atoms with van der Waals surface area (Å²) >= 11 is 0. The van der Waals surface area contributed by atoms with E-state index in [1.54, 1.807) is 4.68 Å². The van der Waals surface area contributed by atoms with Gasteiger partial charge in [0, 0.05) is 31.0 Å². The number of H-pyrrole nitrogens is 1. The Kier molecular flexibility index (Phi) is 4.75. The Morgan fingerprint density at radius 3 is 2.81 bits per heavy atom. The van der Waals surface area contributed by atoms with Crippen molar-refractivity contribution in [3.63, 3.8) is 0 Å². The van der Waals surface area contributed by atoms with Crippen molar-refractivity contribution in [1.29, 1.82) is 0 Å². The first-order valence-electron chi connectivity index (χ1n) is 9.33. The van der Waals surface area contributed by atoms with Crippen LogP contribution in [0.4, 0.5) is 0 Å². The second-order valence-electron chi connectivity index (χ2n) is 6.97. The van der Waals surface area contributed by atoms with Crippen molar-refractivity contribution >= 4 is 16.8 Å². The fraction of sp³-hybridized carbons (Fsp3) is 0.400. The van der Waals surface area contributed by atoms with Crippen LogP contribution in [0.25, 0.3) is 22.3 Å². The second-order valence-corrected chi connectivity index (χ2v) is 6.97. The Morgan fingerprint density at radius 2 is 2.00 bits per heavy atom. The van der Waals surface area contributed by atoms with Gasteiger partial charge in [-0.1, -0.05) is 24.6 Å². The molecule has 0 spiro atoms. The molecule has 3 heterocycles. The molecule has 2 N–H and O–H groups in total. The SMILES string of the molecule is Cn1nc(C(=O)NCCN2CCCCC2)cc1-c1cc2ccccc2[nH]1. The molecular formula is C20H25N5O. The summed E-state index contributed by atoms with van der Waals surface area (Å²) in [6.45, 7) is 3.86. The van der Waals surface area contributed by atoms with Crippen molar-refractivity contribution in [2.24, 2.45) is 7.05 Å². The Hall–Kier alpha value is -2.60. The number of aryl methyl sites for hydroxylation is 1. The van der Waals surface area contributed by atoms with Gasteiger partial charge < -0.3 is 15.2 Å². The number of fused-ring (bicyclic) bond motifs is 1. The van der Waals surface area contributed by atoms with E-state index >= 15 is 0 Å². The summed E-state index contributed by atoms with van der Waals surface area (Å²) in [6.07, 6.45) is 3.86. The van der Waals surface area contributed by atoms with Crippen molar-refractivity contribution in [2.75, 3.05) is 26.2 Å². The molecule has 0 radical (unpaired) electrons. The van der Waals surface area contributed by atoms with Gasteiger partial charge >= 0.3 is 0 Å². The van der Waals surface area contributed by atoms with Crippen molar-refractivity contribution < 1.29 is 4.79 Å². The van der Waals surface area contributed by atoms with Crippen LogP contribution in [0.3, 0.4) is 0 Å². The van der Waals surface area contributed by atoms with Gasteiger partial charge in [-0.3, -0.25) is 9.48 Å². The van der Waals surface area contributed by atoms with Crippen molar-refractivity contribution in [1.82, 2.24) is 25.0 Å². The average Bonchev–Trinajstić information content (AvgIpc) is 3.25. The third-order valence-corrected chi connectivity index (χ3v) is 5.08. The third-order valence-electron chi connectivity index (χ3n) is 5.08. The Labute approximate surface area is 153 Å². The molecule has 1 aliphatic heterocycles. The van der Waals surface area contributed by atoms with E-state index in [1.165, 1.54) is 19.3 Å². The van der Waals surface area contributed by atoms with Crippen LogP contribution in [0.15, 0.2) is 36.4 Å². The van der Waals surface area contributed by atoms with E-state index in [4.69, 9.17) is 0 Å². The molecule has 6 nitrogen and oxygen atoms in total. The number of carbonyl (C=O) groups is 1. The molecule has 3 aromatic rings. The summed E-state index contributed by atoms with van der Waals surface area (Å²) in [5.74, 6) is -0.111. The van der Waals surface area contributed by atoms with Gasteiger partial charge in [-0.05, 0) is 44.1 Å². The quantitative estimate of drug-likeness (QED) is 0.743. The van der Waals surface area contributed by atoms with E-state index in [1.807, 2.05) is 31.3 Å². The molecule has 0 unspecified atom stereocenters. The zero-order chi connectivity index (χ0) is 17.9. The maximum absolute atomic E-state index is 12.4. The zero-order valence-electron chi connectivity index (χ0n) is 15.2. The number of nitrogens with one attached hydrogen (secondary N) is 2. The van der Waals surface area contributed by atoms with Gasteiger partial charge in [-0.15, -0.1) is 0 Å².